The molecule has 0 amide bonds. The Kier molecular flexibility index (Phi) is 9.51. The van der Waals surface area contributed by atoms with E-state index in [9.17, 15) is 41.0 Å². The van der Waals surface area contributed by atoms with E-state index in [1.165, 1.54) is 46.5 Å². The molecule has 0 spiro atoms. The molecule has 0 heterocycles. The largest absolute Gasteiger partial charge is 0.458 e. The molecule has 7 unspecified atom stereocenters. The van der Waals surface area contributed by atoms with Gasteiger partial charge in [0, 0.05) is 5.92 Å². The van der Waals surface area contributed by atoms with Gasteiger partial charge in [-0.25, -0.2) is 0 Å². The van der Waals surface area contributed by atoms with Crippen LogP contribution in [0.25, 0.3) is 0 Å². The Bertz CT molecular complexity index is 1030. The zero-order chi connectivity index (χ0) is 33.2. The maximum absolute atomic E-state index is 12.8. The lowest BCUT2D eigenvalue weighted by atomic mass is 9.65. The molecule has 11 heteroatoms. The molecule has 0 aromatic carbocycles. The van der Waals surface area contributed by atoms with Crippen molar-refractivity contribution in [3.63, 3.8) is 0 Å². The number of fused-ring (bicyclic) bond motifs is 9. The van der Waals surface area contributed by atoms with E-state index in [0.29, 0.717) is 19.8 Å². The van der Waals surface area contributed by atoms with Gasteiger partial charge >= 0.3 is 24.3 Å². The van der Waals surface area contributed by atoms with Gasteiger partial charge in [0.15, 0.2) is 5.60 Å². The van der Waals surface area contributed by atoms with Gasteiger partial charge in [0.25, 0.3) is 5.60 Å². The van der Waals surface area contributed by atoms with Crippen molar-refractivity contribution in [2.45, 2.75) is 143 Å². The quantitative estimate of drug-likeness (QED) is 0.166. The van der Waals surface area contributed by atoms with Gasteiger partial charge in [-0.05, 0) is 122 Å². The fourth-order valence-electron chi connectivity index (χ4n) is 8.19. The minimum absolute atomic E-state index is 0.0455. The zero-order valence-corrected chi connectivity index (χ0v) is 27.0. The van der Waals surface area contributed by atoms with Crippen molar-refractivity contribution in [3.05, 3.63) is 0 Å². The van der Waals surface area contributed by atoms with Crippen LogP contribution in [0.3, 0.4) is 0 Å². The summed E-state index contributed by atoms with van der Waals surface area (Å²) in [6.07, 6.45) is -3.21. The van der Waals surface area contributed by atoms with Crippen molar-refractivity contribution < 1.29 is 50.5 Å². The van der Waals surface area contributed by atoms with Crippen molar-refractivity contribution >= 4 is 11.9 Å². The third-order valence-electron chi connectivity index (χ3n) is 11.7. The van der Waals surface area contributed by atoms with Crippen LogP contribution in [0.1, 0.15) is 114 Å². The van der Waals surface area contributed by atoms with E-state index < -0.39 is 34.9 Å². The first-order valence-corrected chi connectivity index (χ1v) is 15.7. The Morgan fingerprint density at radius 2 is 1.21 bits per heavy atom. The van der Waals surface area contributed by atoms with Crippen LogP contribution in [0, 0.1) is 46.3 Å². The molecular formula is C32H50F6O5. The van der Waals surface area contributed by atoms with Gasteiger partial charge in [0.05, 0.1) is 10.8 Å². The standard InChI is InChI=1S/C20H32O2.C12H18F6O3/c1-5-19(3,4)18(21)22-20(6-2)11-14-10-15(20)17-13-8-7-12(9-13)16(14)17;1-6-8(2,3)7(19)21-9(4,5)10(20,11(13,14)15)12(16,17)18/h12-17H,5-11H2,1-4H3;20H,6H2,1-5H3. The second-order valence-corrected chi connectivity index (χ2v) is 15.2. The monoisotopic (exact) mass is 628 g/mol. The Labute approximate surface area is 251 Å². The van der Waals surface area contributed by atoms with E-state index in [-0.39, 0.29) is 23.4 Å². The maximum atomic E-state index is 12.8. The Balaban J connectivity index is 0.000000236. The number of halogens is 6. The summed E-state index contributed by atoms with van der Waals surface area (Å²) in [5.74, 6) is 4.14. The van der Waals surface area contributed by atoms with Crippen molar-refractivity contribution in [2.24, 2.45) is 46.3 Å². The molecule has 0 aromatic rings. The number of hydrogen-bond acceptors (Lipinski definition) is 5. The number of carbonyl (C=O) groups is 2. The predicted octanol–water partition coefficient (Wildman–Crippen LogP) is 8.42. The van der Waals surface area contributed by atoms with E-state index in [2.05, 4.69) is 18.6 Å². The van der Waals surface area contributed by atoms with Gasteiger partial charge in [0.1, 0.15) is 5.60 Å². The topological polar surface area (TPSA) is 72.8 Å². The summed E-state index contributed by atoms with van der Waals surface area (Å²) in [6.45, 7) is 13.3. The smallest absolute Gasteiger partial charge is 0.430 e. The predicted molar refractivity (Wildman–Crippen MR) is 149 cm³/mol. The van der Waals surface area contributed by atoms with Crippen LogP contribution in [0.15, 0.2) is 0 Å². The van der Waals surface area contributed by atoms with Crippen molar-refractivity contribution in [1.82, 2.24) is 0 Å². The first-order valence-electron chi connectivity index (χ1n) is 15.7. The number of esters is 2. The summed E-state index contributed by atoms with van der Waals surface area (Å²) in [5.41, 5.74) is -10.2. The highest BCUT2D eigenvalue weighted by atomic mass is 19.4. The minimum Gasteiger partial charge on any atom is -0.458 e. The average molecular weight is 629 g/mol. The third-order valence-corrected chi connectivity index (χ3v) is 11.7. The molecule has 0 aromatic heterocycles. The van der Waals surface area contributed by atoms with Crippen molar-refractivity contribution in [1.29, 1.82) is 0 Å². The molecule has 5 nitrogen and oxygen atoms in total. The number of carbonyl (C=O) groups excluding carboxylic acids is 2. The molecule has 250 valence electrons. The normalized spacial score (nSPS) is 32.3. The molecule has 4 saturated carbocycles. The number of hydrogen-bond donors (Lipinski definition) is 1. The summed E-state index contributed by atoms with van der Waals surface area (Å²) in [6, 6.07) is 0. The van der Waals surface area contributed by atoms with Crippen LogP contribution >= 0.6 is 0 Å². The first-order chi connectivity index (χ1) is 19.4. The molecule has 0 radical (unpaired) electrons. The van der Waals surface area contributed by atoms with E-state index in [1.54, 1.807) is 0 Å². The molecule has 0 aliphatic heterocycles. The van der Waals surface area contributed by atoms with Gasteiger partial charge in [-0.3, -0.25) is 9.59 Å². The first kappa shape index (κ1) is 36.0. The molecule has 1 N–H and O–H groups in total. The Morgan fingerprint density at radius 3 is 1.65 bits per heavy atom. The van der Waals surface area contributed by atoms with Gasteiger partial charge < -0.3 is 14.6 Å². The van der Waals surface area contributed by atoms with Crippen LogP contribution in [-0.4, -0.2) is 46.2 Å². The SMILES string of the molecule is CCC(C)(C)C(=O)OC(C)(C)C(O)(C(F)(F)F)C(F)(F)F.CCC(C)(C)C(=O)OC1(CC)CC2CC1C1C3CCC(C3)C21. The molecule has 4 aliphatic carbocycles. The molecule has 0 saturated heterocycles. The lowest BCUT2D eigenvalue weighted by Crippen LogP contribution is -2.70. The molecule has 4 aliphatic rings. The molecule has 4 bridgehead atoms. The molecule has 4 rings (SSSR count). The summed E-state index contributed by atoms with van der Waals surface area (Å²) in [4.78, 5) is 24.5. The van der Waals surface area contributed by atoms with Gasteiger partial charge in [0.2, 0.25) is 0 Å². The highest BCUT2D eigenvalue weighted by Crippen LogP contribution is 2.71. The highest BCUT2D eigenvalue weighted by Gasteiger charge is 2.79. The van der Waals surface area contributed by atoms with Crippen LogP contribution in [-0.2, 0) is 19.1 Å². The molecular weight excluding hydrogens is 578 g/mol. The lowest BCUT2D eigenvalue weighted by Gasteiger charge is -2.46. The second kappa shape index (κ2) is 11.4. The lowest BCUT2D eigenvalue weighted by molar-refractivity contribution is -0.408. The number of ether oxygens (including phenoxy) is 2. The van der Waals surface area contributed by atoms with Crippen molar-refractivity contribution in [3.8, 4) is 0 Å². The minimum atomic E-state index is -6.06. The fraction of sp³-hybridized carbons (Fsp3) is 0.938. The number of alkyl halides is 6. The van der Waals surface area contributed by atoms with E-state index in [0.717, 1.165) is 48.9 Å². The second-order valence-electron chi connectivity index (χ2n) is 15.2. The Morgan fingerprint density at radius 1 is 0.744 bits per heavy atom. The molecule has 4 fully saturated rings. The third kappa shape index (κ3) is 5.94. The van der Waals surface area contributed by atoms with Crippen LogP contribution < -0.4 is 0 Å². The summed E-state index contributed by atoms with van der Waals surface area (Å²) < 4.78 is 87.3. The summed E-state index contributed by atoms with van der Waals surface area (Å²) in [7, 11) is 0. The fourth-order valence-corrected chi connectivity index (χ4v) is 8.19. The van der Waals surface area contributed by atoms with E-state index in [4.69, 9.17) is 4.74 Å². The summed E-state index contributed by atoms with van der Waals surface area (Å²) >= 11 is 0. The van der Waals surface area contributed by atoms with Crippen LogP contribution in [0.5, 0.6) is 0 Å². The highest BCUT2D eigenvalue weighted by molar-refractivity contribution is 5.77. The number of rotatable bonds is 8. The van der Waals surface area contributed by atoms with E-state index >= 15 is 0 Å². The zero-order valence-electron chi connectivity index (χ0n) is 27.0. The average Bonchev–Trinajstić information content (AvgIpc) is 3.66. The van der Waals surface area contributed by atoms with Gasteiger partial charge in [-0.1, -0.05) is 20.8 Å². The molecule has 7 atom stereocenters. The van der Waals surface area contributed by atoms with E-state index in [1.807, 2.05) is 13.8 Å². The maximum Gasteiger partial charge on any atom is 0.430 e. The van der Waals surface area contributed by atoms with Gasteiger partial charge in [-0.15, -0.1) is 0 Å². The van der Waals surface area contributed by atoms with Gasteiger partial charge in [-0.2, -0.15) is 26.3 Å². The molecule has 43 heavy (non-hydrogen) atoms. The summed E-state index contributed by atoms with van der Waals surface area (Å²) in [5, 5.41) is 9.27. The van der Waals surface area contributed by atoms with Crippen LogP contribution in [0.2, 0.25) is 0 Å². The Hall–Kier alpha value is -1.52. The van der Waals surface area contributed by atoms with Crippen molar-refractivity contribution in [2.75, 3.05) is 0 Å². The van der Waals surface area contributed by atoms with Crippen LogP contribution in [0.4, 0.5) is 26.3 Å². The number of aliphatic hydroxyl groups is 1.